The highest BCUT2D eigenvalue weighted by atomic mass is 16.4. The summed E-state index contributed by atoms with van der Waals surface area (Å²) >= 11 is 0. The van der Waals surface area contributed by atoms with Crippen molar-refractivity contribution in [2.24, 2.45) is 5.73 Å². The van der Waals surface area contributed by atoms with Gasteiger partial charge in [-0.25, -0.2) is 4.79 Å². The van der Waals surface area contributed by atoms with Crippen molar-refractivity contribution < 1.29 is 14.0 Å². The fraction of sp³-hybridized carbons (Fsp3) is 0.350. The average Bonchev–Trinajstić information content (AvgIpc) is 2.52. The number of primary amides is 1. The molecule has 1 aliphatic carbocycles. The van der Waals surface area contributed by atoms with Crippen LogP contribution in [0.4, 0.5) is 11.4 Å². The number of nitrogens with one attached hydrogen (secondary N) is 1. The van der Waals surface area contributed by atoms with Crippen LogP contribution in [0.25, 0.3) is 0 Å². The number of nitrogens with two attached hydrogens (primary N) is 1. The molecule has 0 spiro atoms. The van der Waals surface area contributed by atoms with E-state index in [0.717, 1.165) is 19.3 Å². The SMILES string of the molecule is Cc1cc(C2CCC2)oc(=O)c1C(=O)Nc1ccc(N(C)C)c(C(N)=O)c1. The van der Waals surface area contributed by atoms with Gasteiger partial charge in [0, 0.05) is 31.4 Å². The second-order valence-electron chi connectivity index (χ2n) is 7.07. The van der Waals surface area contributed by atoms with Gasteiger partial charge in [0.2, 0.25) is 0 Å². The third-order valence-electron chi connectivity index (χ3n) is 4.90. The van der Waals surface area contributed by atoms with Gasteiger partial charge in [0.15, 0.2) is 0 Å². The Balaban J connectivity index is 1.88. The summed E-state index contributed by atoms with van der Waals surface area (Å²) in [5, 5.41) is 2.65. The molecule has 27 heavy (non-hydrogen) atoms. The van der Waals surface area contributed by atoms with Crippen molar-refractivity contribution >= 4 is 23.2 Å². The van der Waals surface area contributed by atoms with E-state index in [-0.39, 0.29) is 17.0 Å². The van der Waals surface area contributed by atoms with Crippen molar-refractivity contribution in [1.29, 1.82) is 0 Å². The molecule has 0 atom stereocenters. The average molecular weight is 369 g/mol. The monoisotopic (exact) mass is 369 g/mol. The third-order valence-corrected chi connectivity index (χ3v) is 4.90. The number of carbonyl (C=O) groups is 2. The van der Waals surface area contributed by atoms with Gasteiger partial charge in [-0.05, 0) is 49.6 Å². The normalized spacial score (nSPS) is 13.7. The van der Waals surface area contributed by atoms with Crippen molar-refractivity contribution in [1.82, 2.24) is 0 Å². The Hall–Kier alpha value is -3.09. The molecule has 0 aliphatic heterocycles. The lowest BCUT2D eigenvalue weighted by Crippen LogP contribution is -2.24. The highest BCUT2D eigenvalue weighted by Gasteiger charge is 2.25. The maximum absolute atomic E-state index is 12.6. The van der Waals surface area contributed by atoms with Gasteiger partial charge in [-0.15, -0.1) is 0 Å². The molecule has 7 heteroatoms. The van der Waals surface area contributed by atoms with Crippen molar-refractivity contribution in [2.75, 3.05) is 24.3 Å². The minimum Gasteiger partial charge on any atom is -0.427 e. The molecule has 7 nitrogen and oxygen atoms in total. The summed E-state index contributed by atoms with van der Waals surface area (Å²) in [5.41, 5.74) is 6.63. The van der Waals surface area contributed by atoms with Crippen LogP contribution < -0.4 is 21.6 Å². The van der Waals surface area contributed by atoms with E-state index in [1.54, 1.807) is 44.1 Å². The largest absolute Gasteiger partial charge is 0.427 e. The predicted octanol–water partition coefficient (Wildman–Crippen LogP) is 2.63. The fourth-order valence-corrected chi connectivity index (χ4v) is 3.19. The fourth-order valence-electron chi connectivity index (χ4n) is 3.19. The third kappa shape index (κ3) is 3.72. The minimum absolute atomic E-state index is 0.0321. The summed E-state index contributed by atoms with van der Waals surface area (Å²) in [6.45, 7) is 1.72. The van der Waals surface area contributed by atoms with Crippen LogP contribution in [-0.2, 0) is 0 Å². The number of amides is 2. The van der Waals surface area contributed by atoms with Crippen LogP contribution >= 0.6 is 0 Å². The molecule has 2 amide bonds. The van der Waals surface area contributed by atoms with E-state index in [0.29, 0.717) is 22.7 Å². The first-order valence-electron chi connectivity index (χ1n) is 8.85. The second kappa shape index (κ2) is 7.26. The number of nitrogens with zero attached hydrogens (tertiary/aromatic N) is 1. The topological polar surface area (TPSA) is 106 Å². The second-order valence-corrected chi connectivity index (χ2v) is 7.07. The zero-order chi connectivity index (χ0) is 19.7. The zero-order valence-corrected chi connectivity index (χ0v) is 15.7. The predicted molar refractivity (Wildman–Crippen MR) is 104 cm³/mol. The molecule has 3 N–H and O–H groups in total. The quantitative estimate of drug-likeness (QED) is 0.843. The Morgan fingerprint density at radius 2 is 1.93 bits per heavy atom. The molecular formula is C20H23N3O4. The molecule has 0 bridgehead atoms. The van der Waals surface area contributed by atoms with Crippen molar-refractivity contribution in [3.05, 3.63) is 57.1 Å². The molecule has 1 aromatic carbocycles. The number of hydrogen-bond acceptors (Lipinski definition) is 5. The first-order chi connectivity index (χ1) is 12.8. The van der Waals surface area contributed by atoms with Crippen molar-refractivity contribution in [3.8, 4) is 0 Å². The molecule has 3 rings (SSSR count). The van der Waals surface area contributed by atoms with Gasteiger partial charge in [0.25, 0.3) is 11.8 Å². The molecule has 1 fully saturated rings. The molecule has 142 valence electrons. The van der Waals surface area contributed by atoms with Gasteiger partial charge >= 0.3 is 5.63 Å². The van der Waals surface area contributed by atoms with Gasteiger partial charge in [0.05, 0.1) is 5.56 Å². The minimum atomic E-state index is -0.644. The van der Waals surface area contributed by atoms with Gasteiger partial charge in [0.1, 0.15) is 11.3 Å². The van der Waals surface area contributed by atoms with Crippen molar-refractivity contribution in [3.63, 3.8) is 0 Å². The van der Waals surface area contributed by atoms with Crippen LogP contribution in [0.2, 0.25) is 0 Å². The first kappa shape index (κ1) is 18.7. The molecule has 0 radical (unpaired) electrons. The van der Waals surface area contributed by atoms with E-state index in [9.17, 15) is 14.4 Å². The van der Waals surface area contributed by atoms with Crippen LogP contribution in [-0.4, -0.2) is 25.9 Å². The van der Waals surface area contributed by atoms with E-state index >= 15 is 0 Å². The molecule has 0 saturated heterocycles. The van der Waals surface area contributed by atoms with Gasteiger partial charge in [-0.2, -0.15) is 0 Å². The Kier molecular flexibility index (Phi) is 5.03. The number of aryl methyl sites for hydroxylation is 1. The molecule has 2 aromatic rings. The van der Waals surface area contributed by atoms with Crippen LogP contribution in [0.3, 0.4) is 0 Å². The van der Waals surface area contributed by atoms with Crippen LogP contribution in [0.5, 0.6) is 0 Å². The van der Waals surface area contributed by atoms with Gasteiger partial charge in [-0.3, -0.25) is 9.59 Å². The van der Waals surface area contributed by atoms with E-state index in [1.165, 1.54) is 6.07 Å². The first-order valence-corrected chi connectivity index (χ1v) is 8.85. The van der Waals surface area contributed by atoms with Gasteiger partial charge < -0.3 is 20.4 Å². The molecule has 1 aliphatic rings. The molecule has 0 unspecified atom stereocenters. The van der Waals surface area contributed by atoms with Crippen LogP contribution in [0.15, 0.2) is 33.5 Å². The highest BCUT2D eigenvalue weighted by Crippen LogP contribution is 2.36. The maximum atomic E-state index is 12.6. The van der Waals surface area contributed by atoms with E-state index in [2.05, 4.69) is 5.32 Å². The Bertz CT molecular complexity index is 958. The lowest BCUT2D eigenvalue weighted by Gasteiger charge is -2.24. The summed E-state index contributed by atoms with van der Waals surface area (Å²) < 4.78 is 5.37. The van der Waals surface area contributed by atoms with Gasteiger partial charge in [-0.1, -0.05) is 6.42 Å². The summed E-state index contributed by atoms with van der Waals surface area (Å²) in [6.07, 6.45) is 3.13. The number of hydrogen-bond donors (Lipinski definition) is 2. The summed E-state index contributed by atoms with van der Waals surface area (Å²) in [6, 6.07) is 6.60. The molecular weight excluding hydrogens is 346 g/mol. The van der Waals surface area contributed by atoms with Crippen molar-refractivity contribution in [2.45, 2.75) is 32.1 Å². The number of benzene rings is 1. The highest BCUT2D eigenvalue weighted by molar-refractivity contribution is 6.06. The molecule has 1 saturated carbocycles. The number of anilines is 2. The smallest absolute Gasteiger partial charge is 0.349 e. The lowest BCUT2D eigenvalue weighted by molar-refractivity contribution is 0.0995. The summed E-state index contributed by atoms with van der Waals surface area (Å²) in [4.78, 5) is 38.4. The Morgan fingerprint density at radius 3 is 2.44 bits per heavy atom. The summed E-state index contributed by atoms with van der Waals surface area (Å²) in [5.74, 6) is -0.262. The molecule has 1 aromatic heterocycles. The lowest BCUT2D eigenvalue weighted by atomic mass is 9.83. The maximum Gasteiger partial charge on any atom is 0.349 e. The Morgan fingerprint density at radius 1 is 1.22 bits per heavy atom. The Labute approximate surface area is 157 Å². The number of carbonyl (C=O) groups excluding carboxylic acids is 2. The number of rotatable bonds is 5. The van der Waals surface area contributed by atoms with E-state index < -0.39 is 17.4 Å². The standard InChI is InChI=1S/C20H23N3O4/c1-11-9-16(12-5-4-6-12)27-20(26)17(11)19(25)22-13-7-8-15(23(2)3)14(10-13)18(21)24/h7-10,12H,4-6H2,1-3H3,(H2,21,24)(H,22,25). The molecule has 1 heterocycles. The van der Waals surface area contributed by atoms with E-state index in [4.69, 9.17) is 10.2 Å². The van der Waals surface area contributed by atoms with E-state index in [1.807, 2.05) is 0 Å². The van der Waals surface area contributed by atoms with Crippen LogP contribution in [0.1, 0.15) is 57.2 Å². The zero-order valence-electron chi connectivity index (χ0n) is 15.7. The summed E-state index contributed by atoms with van der Waals surface area (Å²) in [7, 11) is 3.58. The van der Waals surface area contributed by atoms with Crippen LogP contribution in [0, 0.1) is 6.92 Å².